The van der Waals surface area contributed by atoms with Gasteiger partial charge in [0.15, 0.2) is 0 Å². The molecule has 0 fully saturated rings. The Labute approximate surface area is 145 Å². The number of alkyl halides is 3. The zero-order valence-corrected chi connectivity index (χ0v) is 13.8. The van der Waals surface area contributed by atoms with E-state index in [2.05, 4.69) is 0 Å². The fourth-order valence-corrected chi connectivity index (χ4v) is 2.87. The van der Waals surface area contributed by atoms with Crippen LogP contribution in [0.3, 0.4) is 0 Å². The van der Waals surface area contributed by atoms with Crippen LogP contribution in [0.5, 0.6) is 0 Å². The molecule has 0 aliphatic heterocycles. The first-order valence-electron chi connectivity index (χ1n) is 7.50. The number of halogens is 6. The van der Waals surface area contributed by atoms with Crippen molar-refractivity contribution in [2.24, 2.45) is 0 Å². The second kappa shape index (κ2) is 7.01. The summed E-state index contributed by atoms with van der Waals surface area (Å²) < 4.78 is 82.0. The molecule has 0 saturated carbocycles. The maximum atomic E-state index is 14.8. The van der Waals surface area contributed by atoms with Crippen molar-refractivity contribution in [1.29, 1.82) is 0 Å². The van der Waals surface area contributed by atoms with E-state index in [1.807, 2.05) is 0 Å². The van der Waals surface area contributed by atoms with E-state index in [1.165, 1.54) is 13.8 Å². The van der Waals surface area contributed by atoms with Crippen molar-refractivity contribution >= 4 is 5.97 Å². The third kappa shape index (κ3) is 3.84. The maximum absolute atomic E-state index is 14.8. The van der Waals surface area contributed by atoms with Gasteiger partial charge in [0.1, 0.15) is 17.5 Å². The summed E-state index contributed by atoms with van der Waals surface area (Å²) in [5.41, 5.74) is -2.85. The van der Waals surface area contributed by atoms with Crippen molar-refractivity contribution in [2.45, 2.75) is 32.9 Å². The molecule has 0 spiro atoms. The van der Waals surface area contributed by atoms with E-state index in [4.69, 9.17) is 5.11 Å². The summed E-state index contributed by atoms with van der Waals surface area (Å²) in [6, 6.07) is 2.38. The second-order valence-corrected chi connectivity index (χ2v) is 5.88. The minimum atomic E-state index is -5.10. The minimum absolute atomic E-state index is 0.00553. The molecule has 2 nitrogen and oxygen atoms in total. The molecule has 0 unspecified atom stereocenters. The Bertz CT molecular complexity index is 848. The summed E-state index contributed by atoms with van der Waals surface area (Å²) in [5, 5.41) is 8.68. The van der Waals surface area contributed by atoms with E-state index in [9.17, 15) is 31.1 Å². The van der Waals surface area contributed by atoms with E-state index in [1.54, 1.807) is 0 Å². The van der Waals surface area contributed by atoms with Gasteiger partial charge in [-0.2, -0.15) is 13.2 Å². The van der Waals surface area contributed by atoms with E-state index in [0.717, 1.165) is 12.1 Å². The highest BCUT2D eigenvalue weighted by molar-refractivity contribution is 5.73. The Morgan fingerprint density at radius 1 is 1.00 bits per heavy atom. The van der Waals surface area contributed by atoms with Crippen LogP contribution in [0.1, 0.15) is 28.7 Å². The van der Waals surface area contributed by atoms with Gasteiger partial charge in [-0.25, -0.2) is 13.2 Å². The number of carboxylic acid groups (broad SMARTS) is 1. The molecular formula is C18H14F6O2. The molecule has 26 heavy (non-hydrogen) atoms. The van der Waals surface area contributed by atoms with Crippen LogP contribution in [0.2, 0.25) is 0 Å². The van der Waals surface area contributed by atoms with Crippen LogP contribution < -0.4 is 0 Å². The van der Waals surface area contributed by atoms with Crippen molar-refractivity contribution in [3.8, 4) is 11.1 Å². The highest BCUT2D eigenvalue weighted by Crippen LogP contribution is 2.40. The number of carboxylic acids is 1. The molecule has 0 aliphatic rings. The summed E-state index contributed by atoms with van der Waals surface area (Å²) in [6.07, 6.45) is -6.59. The normalized spacial score (nSPS) is 11.7. The molecule has 2 rings (SSSR count). The second-order valence-electron chi connectivity index (χ2n) is 5.88. The Kier molecular flexibility index (Phi) is 5.34. The molecule has 0 aliphatic carbocycles. The zero-order chi connectivity index (χ0) is 19.8. The maximum Gasteiger partial charge on any atom is 0.419 e. The molecular weight excluding hydrogens is 362 g/mol. The average molecular weight is 376 g/mol. The number of hydrogen-bond acceptors (Lipinski definition) is 1. The summed E-state index contributed by atoms with van der Waals surface area (Å²) in [5.74, 6) is -5.17. The first-order chi connectivity index (χ1) is 11.9. The summed E-state index contributed by atoms with van der Waals surface area (Å²) in [6.45, 7) is 2.77. The van der Waals surface area contributed by atoms with Crippen LogP contribution in [0.4, 0.5) is 26.3 Å². The van der Waals surface area contributed by atoms with Gasteiger partial charge in [-0.1, -0.05) is 0 Å². The summed E-state index contributed by atoms with van der Waals surface area (Å²) in [4.78, 5) is 10.7. The highest BCUT2D eigenvalue weighted by atomic mass is 19.4. The Morgan fingerprint density at radius 2 is 1.54 bits per heavy atom. The van der Waals surface area contributed by atoms with E-state index in [0.29, 0.717) is 6.07 Å². The highest BCUT2D eigenvalue weighted by Gasteiger charge is 2.37. The lowest BCUT2D eigenvalue weighted by Crippen LogP contribution is -2.14. The van der Waals surface area contributed by atoms with Gasteiger partial charge in [-0.15, -0.1) is 0 Å². The topological polar surface area (TPSA) is 37.3 Å². The molecule has 1 N–H and O–H groups in total. The van der Waals surface area contributed by atoms with E-state index < -0.39 is 59.1 Å². The largest absolute Gasteiger partial charge is 0.481 e. The molecule has 8 heteroatoms. The molecule has 0 bridgehead atoms. The van der Waals surface area contributed by atoms with E-state index >= 15 is 0 Å². The molecule has 2 aromatic carbocycles. The van der Waals surface area contributed by atoms with Crippen LogP contribution in [0.25, 0.3) is 11.1 Å². The molecule has 0 radical (unpaired) electrons. The fourth-order valence-electron chi connectivity index (χ4n) is 2.87. The lowest BCUT2D eigenvalue weighted by molar-refractivity contribution is -0.140. The van der Waals surface area contributed by atoms with Crippen LogP contribution in [0, 0.1) is 31.3 Å². The minimum Gasteiger partial charge on any atom is -0.481 e. The van der Waals surface area contributed by atoms with Gasteiger partial charge in [0.05, 0.1) is 5.56 Å². The predicted octanol–water partition coefficient (Wildman–Crippen LogP) is 5.42. The van der Waals surface area contributed by atoms with Crippen molar-refractivity contribution in [3.63, 3.8) is 0 Å². The number of aryl methyl sites for hydroxylation is 2. The quantitative estimate of drug-likeness (QED) is 0.723. The summed E-state index contributed by atoms with van der Waals surface area (Å²) in [7, 11) is 0. The molecule has 0 amide bonds. The standard InChI is InChI=1S/C18H14F6O2/c1-8-5-10(19)6-9(2)15(8)12-7-13(18(22,23)24)17(21)11(16(12)20)3-4-14(25)26/h5-7H,3-4H2,1-2H3,(H,25,26). The molecule has 0 heterocycles. The molecule has 2 aromatic rings. The monoisotopic (exact) mass is 376 g/mol. The van der Waals surface area contributed by atoms with Crippen molar-refractivity contribution in [2.75, 3.05) is 0 Å². The third-order valence-electron chi connectivity index (χ3n) is 3.95. The first-order valence-corrected chi connectivity index (χ1v) is 7.50. The zero-order valence-electron chi connectivity index (χ0n) is 13.8. The lowest BCUT2D eigenvalue weighted by Gasteiger charge is -2.18. The van der Waals surface area contributed by atoms with Crippen molar-refractivity contribution < 1.29 is 36.2 Å². The summed E-state index contributed by atoms with van der Waals surface area (Å²) >= 11 is 0. The fraction of sp³-hybridized carbons (Fsp3) is 0.278. The SMILES string of the molecule is Cc1cc(F)cc(C)c1-c1cc(C(F)(F)F)c(F)c(CCC(=O)O)c1F. The third-order valence-corrected chi connectivity index (χ3v) is 3.95. The van der Waals surface area contributed by atoms with Gasteiger partial charge in [0.25, 0.3) is 0 Å². The van der Waals surface area contributed by atoms with E-state index in [-0.39, 0.29) is 16.7 Å². The van der Waals surface area contributed by atoms with Crippen molar-refractivity contribution in [3.05, 3.63) is 57.9 Å². The van der Waals surface area contributed by atoms with Crippen LogP contribution in [-0.4, -0.2) is 11.1 Å². The number of carbonyl (C=O) groups is 1. The van der Waals surface area contributed by atoms with Crippen molar-refractivity contribution in [1.82, 2.24) is 0 Å². The van der Waals surface area contributed by atoms with Crippen LogP contribution in [0.15, 0.2) is 18.2 Å². The predicted molar refractivity (Wildman–Crippen MR) is 82.2 cm³/mol. The average Bonchev–Trinajstić information content (AvgIpc) is 2.46. The van der Waals surface area contributed by atoms with Gasteiger partial charge < -0.3 is 5.11 Å². The number of aliphatic carboxylic acids is 1. The molecule has 0 saturated heterocycles. The first kappa shape index (κ1) is 19.8. The lowest BCUT2D eigenvalue weighted by atomic mass is 9.90. The Balaban J connectivity index is 2.82. The Hall–Kier alpha value is -2.51. The van der Waals surface area contributed by atoms with Crippen LogP contribution in [-0.2, 0) is 17.4 Å². The smallest absolute Gasteiger partial charge is 0.419 e. The number of hydrogen-bond donors (Lipinski definition) is 1. The molecule has 140 valence electrons. The van der Waals surface area contributed by atoms with Gasteiger partial charge >= 0.3 is 12.1 Å². The molecule has 0 aromatic heterocycles. The number of benzene rings is 2. The van der Waals surface area contributed by atoms with Gasteiger partial charge in [-0.05, 0) is 55.2 Å². The Morgan fingerprint density at radius 3 is 2.00 bits per heavy atom. The molecule has 0 atom stereocenters. The van der Waals surface area contributed by atoms with Gasteiger partial charge in [0, 0.05) is 17.5 Å². The number of rotatable bonds is 4. The van der Waals surface area contributed by atoms with Gasteiger partial charge in [-0.3, -0.25) is 4.79 Å². The van der Waals surface area contributed by atoms with Gasteiger partial charge in [0.2, 0.25) is 0 Å². The van der Waals surface area contributed by atoms with Crippen LogP contribution >= 0.6 is 0 Å².